The first-order valence-corrected chi connectivity index (χ1v) is 7.63. The first kappa shape index (κ1) is 14.3. The van der Waals surface area contributed by atoms with Crippen molar-refractivity contribution in [3.05, 3.63) is 0 Å². The first-order valence-electron chi connectivity index (χ1n) is 7.63. The molecule has 2 fully saturated rings. The molecule has 0 bridgehead atoms. The predicted octanol–water partition coefficient (Wildman–Crippen LogP) is 2.27. The Hall–Kier alpha value is -0.120. The van der Waals surface area contributed by atoms with Gasteiger partial charge in [-0.15, -0.1) is 0 Å². The van der Waals surface area contributed by atoms with Gasteiger partial charge < -0.3 is 10.1 Å². The van der Waals surface area contributed by atoms with Crippen molar-refractivity contribution in [3.8, 4) is 0 Å². The van der Waals surface area contributed by atoms with Crippen molar-refractivity contribution in [2.75, 3.05) is 33.4 Å². The van der Waals surface area contributed by atoms with Gasteiger partial charge in [-0.2, -0.15) is 0 Å². The molecule has 1 N–H and O–H groups in total. The van der Waals surface area contributed by atoms with Crippen molar-refractivity contribution in [1.82, 2.24) is 10.2 Å². The summed E-state index contributed by atoms with van der Waals surface area (Å²) in [5.74, 6) is 0.635. The zero-order valence-corrected chi connectivity index (χ0v) is 12.4. The van der Waals surface area contributed by atoms with E-state index in [0.717, 1.165) is 13.2 Å². The third kappa shape index (κ3) is 3.46. The molecule has 1 aliphatic heterocycles. The highest BCUT2D eigenvalue weighted by molar-refractivity contribution is 4.98. The minimum absolute atomic E-state index is 0.428. The molecule has 18 heavy (non-hydrogen) atoms. The van der Waals surface area contributed by atoms with Crippen molar-refractivity contribution >= 4 is 0 Å². The van der Waals surface area contributed by atoms with Crippen LogP contribution in [0, 0.1) is 5.92 Å². The summed E-state index contributed by atoms with van der Waals surface area (Å²) in [6, 6.07) is 0.664. The van der Waals surface area contributed by atoms with E-state index < -0.39 is 0 Å². The van der Waals surface area contributed by atoms with E-state index in [1.807, 2.05) is 0 Å². The highest BCUT2D eigenvalue weighted by Crippen LogP contribution is 2.32. The Morgan fingerprint density at radius 3 is 2.72 bits per heavy atom. The van der Waals surface area contributed by atoms with Gasteiger partial charge in [-0.25, -0.2) is 0 Å². The second-order valence-corrected chi connectivity index (χ2v) is 6.56. The average molecular weight is 254 g/mol. The minimum Gasteiger partial charge on any atom is -0.384 e. The van der Waals surface area contributed by atoms with Gasteiger partial charge in [0.05, 0.1) is 0 Å². The molecule has 2 unspecified atom stereocenters. The fourth-order valence-electron chi connectivity index (χ4n) is 3.64. The van der Waals surface area contributed by atoms with E-state index in [9.17, 15) is 0 Å². The lowest BCUT2D eigenvalue weighted by Gasteiger charge is -2.49. The van der Waals surface area contributed by atoms with Gasteiger partial charge in [-0.3, -0.25) is 4.90 Å². The Labute approximate surface area is 112 Å². The molecule has 106 valence electrons. The quantitative estimate of drug-likeness (QED) is 0.833. The van der Waals surface area contributed by atoms with Crippen LogP contribution in [0.1, 0.15) is 46.0 Å². The van der Waals surface area contributed by atoms with Gasteiger partial charge in [0.25, 0.3) is 0 Å². The molecular weight excluding hydrogens is 224 g/mol. The molecule has 1 spiro atoms. The second-order valence-electron chi connectivity index (χ2n) is 6.56. The second kappa shape index (κ2) is 6.36. The number of hydrogen-bond donors (Lipinski definition) is 1. The average Bonchev–Trinajstić information content (AvgIpc) is 2.36. The van der Waals surface area contributed by atoms with Gasteiger partial charge in [0, 0.05) is 44.9 Å². The van der Waals surface area contributed by atoms with E-state index in [1.165, 1.54) is 45.2 Å². The van der Waals surface area contributed by atoms with E-state index in [2.05, 4.69) is 24.1 Å². The summed E-state index contributed by atoms with van der Waals surface area (Å²) >= 11 is 0. The molecule has 0 radical (unpaired) electrons. The summed E-state index contributed by atoms with van der Waals surface area (Å²) in [4.78, 5) is 2.69. The predicted molar refractivity (Wildman–Crippen MR) is 75.9 cm³/mol. The van der Waals surface area contributed by atoms with E-state index in [1.54, 1.807) is 7.11 Å². The topological polar surface area (TPSA) is 24.5 Å². The summed E-state index contributed by atoms with van der Waals surface area (Å²) in [7, 11) is 1.81. The maximum Gasteiger partial charge on any atom is 0.0500 e. The highest BCUT2D eigenvalue weighted by atomic mass is 16.5. The van der Waals surface area contributed by atoms with Crippen LogP contribution in [0.5, 0.6) is 0 Å². The van der Waals surface area contributed by atoms with Crippen LogP contribution in [0.2, 0.25) is 0 Å². The SMILES string of the molecule is COCC(C)CN1CC2(CCCCC2)NCC1C. The zero-order valence-electron chi connectivity index (χ0n) is 12.4. The Morgan fingerprint density at radius 1 is 1.33 bits per heavy atom. The Bertz CT molecular complexity index is 251. The molecule has 0 amide bonds. The van der Waals surface area contributed by atoms with Crippen molar-refractivity contribution in [3.63, 3.8) is 0 Å². The van der Waals surface area contributed by atoms with Crippen LogP contribution in [0.3, 0.4) is 0 Å². The van der Waals surface area contributed by atoms with Gasteiger partial charge in [-0.05, 0) is 25.7 Å². The fraction of sp³-hybridized carbons (Fsp3) is 1.00. The molecule has 1 aliphatic carbocycles. The smallest absolute Gasteiger partial charge is 0.0500 e. The maximum atomic E-state index is 5.28. The molecule has 0 aromatic carbocycles. The maximum absolute atomic E-state index is 5.28. The number of piperazine rings is 1. The van der Waals surface area contributed by atoms with Crippen LogP contribution in [-0.4, -0.2) is 49.8 Å². The van der Waals surface area contributed by atoms with Gasteiger partial charge in [0.15, 0.2) is 0 Å². The summed E-state index contributed by atoms with van der Waals surface area (Å²) in [6.07, 6.45) is 6.98. The van der Waals surface area contributed by atoms with Crippen molar-refractivity contribution in [2.24, 2.45) is 5.92 Å². The number of ether oxygens (including phenoxy) is 1. The third-order valence-electron chi connectivity index (χ3n) is 4.71. The Kier molecular flexibility index (Phi) is 5.05. The van der Waals surface area contributed by atoms with Gasteiger partial charge in [0.1, 0.15) is 0 Å². The highest BCUT2D eigenvalue weighted by Gasteiger charge is 2.38. The summed E-state index contributed by atoms with van der Waals surface area (Å²) in [5.41, 5.74) is 0.428. The van der Waals surface area contributed by atoms with Gasteiger partial charge >= 0.3 is 0 Å². The van der Waals surface area contributed by atoms with E-state index in [4.69, 9.17) is 4.74 Å². The largest absolute Gasteiger partial charge is 0.384 e. The van der Waals surface area contributed by atoms with Crippen LogP contribution in [-0.2, 0) is 4.74 Å². The third-order valence-corrected chi connectivity index (χ3v) is 4.71. The monoisotopic (exact) mass is 254 g/mol. The molecular formula is C15H30N2O. The molecule has 1 saturated heterocycles. The molecule has 0 aromatic heterocycles. The van der Waals surface area contributed by atoms with Crippen LogP contribution < -0.4 is 5.32 Å². The summed E-state index contributed by atoms with van der Waals surface area (Å²) in [5, 5.41) is 3.85. The van der Waals surface area contributed by atoms with Crippen LogP contribution in [0.25, 0.3) is 0 Å². The Morgan fingerprint density at radius 2 is 2.06 bits per heavy atom. The van der Waals surface area contributed by atoms with Crippen LogP contribution >= 0.6 is 0 Å². The lowest BCUT2D eigenvalue weighted by molar-refractivity contribution is 0.0402. The molecule has 2 rings (SSSR count). The van der Waals surface area contributed by atoms with Gasteiger partial charge in [0.2, 0.25) is 0 Å². The molecule has 2 aliphatic rings. The molecule has 1 saturated carbocycles. The minimum atomic E-state index is 0.428. The molecule has 1 heterocycles. The number of rotatable bonds is 4. The Balaban J connectivity index is 1.91. The standard InChI is InChI=1S/C15H30N2O/c1-13(11-18-3)10-17-12-15(16-9-14(17)2)7-5-4-6-8-15/h13-14,16H,4-12H2,1-3H3. The number of nitrogens with one attached hydrogen (secondary N) is 1. The molecule has 0 aromatic rings. The van der Waals surface area contributed by atoms with Crippen LogP contribution in [0.4, 0.5) is 0 Å². The molecule has 3 nitrogen and oxygen atoms in total. The van der Waals surface area contributed by atoms with Gasteiger partial charge in [-0.1, -0.05) is 26.2 Å². The summed E-state index contributed by atoms with van der Waals surface area (Å²) < 4.78 is 5.28. The van der Waals surface area contributed by atoms with E-state index in [0.29, 0.717) is 17.5 Å². The van der Waals surface area contributed by atoms with Crippen LogP contribution in [0.15, 0.2) is 0 Å². The summed E-state index contributed by atoms with van der Waals surface area (Å²) in [6.45, 7) is 9.10. The van der Waals surface area contributed by atoms with E-state index in [-0.39, 0.29) is 0 Å². The number of methoxy groups -OCH3 is 1. The molecule has 3 heteroatoms. The molecule has 2 atom stereocenters. The first-order chi connectivity index (χ1) is 8.65. The van der Waals surface area contributed by atoms with Crippen molar-refractivity contribution in [2.45, 2.75) is 57.5 Å². The zero-order chi connectivity index (χ0) is 13.0. The lowest BCUT2D eigenvalue weighted by Crippen LogP contribution is -2.64. The van der Waals surface area contributed by atoms with Crippen molar-refractivity contribution < 1.29 is 4.74 Å². The number of hydrogen-bond acceptors (Lipinski definition) is 3. The normalized spacial score (nSPS) is 30.5. The fourth-order valence-corrected chi connectivity index (χ4v) is 3.64. The lowest BCUT2D eigenvalue weighted by atomic mass is 9.79. The van der Waals surface area contributed by atoms with E-state index >= 15 is 0 Å². The number of nitrogens with zero attached hydrogens (tertiary/aromatic N) is 1. The van der Waals surface area contributed by atoms with Crippen molar-refractivity contribution in [1.29, 1.82) is 0 Å².